The Bertz CT molecular complexity index is 965. The molecule has 152 valence electrons. The molecule has 2 unspecified atom stereocenters. The van der Waals surface area contributed by atoms with Crippen LogP contribution in [0.5, 0.6) is 0 Å². The SMILES string of the molecule is Cn1c(C(=O)NC2C3CC4CC2CC(C(N)=O)(C4)C3)ccc1-c1ccc(Cl)cc1. The van der Waals surface area contributed by atoms with Crippen LogP contribution in [0.4, 0.5) is 0 Å². The molecule has 1 aromatic heterocycles. The minimum atomic E-state index is -0.329. The molecule has 2 aromatic rings. The van der Waals surface area contributed by atoms with Gasteiger partial charge in [0.1, 0.15) is 5.69 Å². The van der Waals surface area contributed by atoms with E-state index in [1.54, 1.807) is 0 Å². The summed E-state index contributed by atoms with van der Waals surface area (Å²) in [5, 5.41) is 4.01. The molecule has 4 aliphatic rings. The minimum Gasteiger partial charge on any atom is -0.369 e. The molecule has 5 nitrogen and oxygen atoms in total. The second-order valence-corrected chi connectivity index (χ2v) is 9.72. The van der Waals surface area contributed by atoms with Gasteiger partial charge in [-0.2, -0.15) is 0 Å². The van der Waals surface area contributed by atoms with Gasteiger partial charge in [-0.15, -0.1) is 0 Å². The predicted molar refractivity (Wildman–Crippen MR) is 112 cm³/mol. The molecule has 0 saturated heterocycles. The van der Waals surface area contributed by atoms with Gasteiger partial charge in [-0.3, -0.25) is 9.59 Å². The third-order valence-corrected chi connectivity index (χ3v) is 7.84. The number of aromatic nitrogens is 1. The Hall–Kier alpha value is -2.27. The highest BCUT2D eigenvalue weighted by atomic mass is 35.5. The molecule has 6 heteroatoms. The fourth-order valence-corrected chi connectivity index (χ4v) is 6.56. The summed E-state index contributed by atoms with van der Waals surface area (Å²) in [7, 11) is 1.91. The van der Waals surface area contributed by atoms with Crippen molar-refractivity contribution in [2.24, 2.45) is 36.0 Å². The van der Waals surface area contributed by atoms with Crippen LogP contribution in [0.25, 0.3) is 11.3 Å². The van der Waals surface area contributed by atoms with E-state index in [2.05, 4.69) is 5.32 Å². The second kappa shape index (κ2) is 6.63. The first-order chi connectivity index (χ1) is 13.9. The summed E-state index contributed by atoms with van der Waals surface area (Å²) in [5.74, 6) is 1.11. The van der Waals surface area contributed by atoms with E-state index in [-0.39, 0.29) is 23.3 Å². The molecule has 3 N–H and O–H groups in total. The number of nitrogens with one attached hydrogen (secondary N) is 1. The lowest BCUT2D eigenvalue weighted by atomic mass is 9.47. The molecule has 1 heterocycles. The first kappa shape index (κ1) is 18.7. The number of carbonyl (C=O) groups is 2. The molecule has 0 aliphatic heterocycles. The van der Waals surface area contributed by atoms with E-state index in [1.807, 2.05) is 48.0 Å². The number of benzene rings is 1. The molecule has 4 aliphatic carbocycles. The summed E-state index contributed by atoms with van der Waals surface area (Å²) in [6.07, 6.45) is 4.78. The van der Waals surface area contributed by atoms with Crippen molar-refractivity contribution < 1.29 is 9.59 Å². The van der Waals surface area contributed by atoms with Gasteiger partial charge in [-0.05, 0) is 79.7 Å². The quantitative estimate of drug-likeness (QED) is 0.803. The van der Waals surface area contributed by atoms with Gasteiger partial charge in [0, 0.05) is 29.2 Å². The highest BCUT2D eigenvalue weighted by Crippen LogP contribution is 2.59. The third-order valence-electron chi connectivity index (χ3n) is 7.59. The Balaban J connectivity index is 1.36. The first-order valence-electron chi connectivity index (χ1n) is 10.4. The Morgan fingerprint density at radius 2 is 1.72 bits per heavy atom. The zero-order valence-electron chi connectivity index (χ0n) is 16.5. The summed E-state index contributed by atoms with van der Waals surface area (Å²) in [6.45, 7) is 0. The zero-order chi connectivity index (χ0) is 20.3. The zero-order valence-corrected chi connectivity index (χ0v) is 17.3. The van der Waals surface area contributed by atoms with Crippen LogP contribution < -0.4 is 11.1 Å². The maximum atomic E-state index is 13.1. The normalized spacial score (nSPS) is 32.3. The van der Waals surface area contributed by atoms with Crippen LogP contribution in [0.1, 0.15) is 42.6 Å². The average Bonchev–Trinajstić information content (AvgIpc) is 3.06. The van der Waals surface area contributed by atoms with Crippen LogP contribution >= 0.6 is 11.6 Å². The Morgan fingerprint density at radius 1 is 1.07 bits per heavy atom. The summed E-state index contributed by atoms with van der Waals surface area (Å²) in [5.41, 5.74) is 8.10. The van der Waals surface area contributed by atoms with Gasteiger partial charge >= 0.3 is 0 Å². The molecule has 0 radical (unpaired) electrons. The summed E-state index contributed by atoms with van der Waals surface area (Å²) < 4.78 is 1.93. The number of nitrogens with zero attached hydrogens (tertiary/aromatic N) is 1. The molecule has 4 fully saturated rings. The van der Waals surface area contributed by atoms with Gasteiger partial charge in [0.2, 0.25) is 5.91 Å². The van der Waals surface area contributed by atoms with E-state index in [0.29, 0.717) is 28.5 Å². The van der Waals surface area contributed by atoms with Crippen molar-refractivity contribution >= 4 is 23.4 Å². The van der Waals surface area contributed by atoms with E-state index < -0.39 is 0 Å². The van der Waals surface area contributed by atoms with Gasteiger partial charge in [0.15, 0.2) is 0 Å². The van der Waals surface area contributed by atoms with Crippen LogP contribution in [-0.4, -0.2) is 22.4 Å². The van der Waals surface area contributed by atoms with Crippen LogP contribution in [-0.2, 0) is 11.8 Å². The average molecular weight is 412 g/mol. The van der Waals surface area contributed by atoms with Gasteiger partial charge in [0.25, 0.3) is 5.91 Å². The molecule has 0 spiro atoms. The highest BCUT2D eigenvalue weighted by molar-refractivity contribution is 6.30. The van der Waals surface area contributed by atoms with Crippen molar-refractivity contribution in [3.05, 3.63) is 47.1 Å². The number of halogens is 1. The standard InChI is InChI=1S/C23H26ClN3O2/c1-27-18(14-2-4-17(24)5-3-14)6-7-19(27)21(28)26-20-15-8-13-9-16(20)12-23(10-13,11-15)22(25)29/h2-7,13,15-16,20H,8-12H2,1H3,(H2,25,29)(H,26,28). The lowest BCUT2D eigenvalue weighted by Crippen LogP contribution is -2.62. The molecule has 4 bridgehead atoms. The minimum absolute atomic E-state index is 0.0432. The number of hydrogen-bond donors (Lipinski definition) is 2. The first-order valence-corrected chi connectivity index (χ1v) is 10.8. The fraction of sp³-hybridized carbons (Fsp3) is 0.478. The predicted octanol–water partition coefficient (Wildman–Crippen LogP) is 3.76. The molecule has 6 rings (SSSR count). The number of hydrogen-bond acceptors (Lipinski definition) is 2. The fourth-order valence-electron chi connectivity index (χ4n) is 6.44. The summed E-state index contributed by atoms with van der Waals surface area (Å²) >= 11 is 5.99. The van der Waals surface area contributed by atoms with Gasteiger partial charge in [0.05, 0.1) is 0 Å². The Labute approximate surface area is 175 Å². The van der Waals surface area contributed by atoms with Crippen molar-refractivity contribution in [1.29, 1.82) is 0 Å². The van der Waals surface area contributed by atoms with Crippen molar-refractivity contribution in [1.82, 2.24) is 9.88 Å². The Kier molecular flexibility index (Phi) is 4.28. The maximum absolute atomic E-state index is 13.1. The molecule has 1 aromatic carbocycles. The van der Waals surface area contributed by atoms with Crippen molar-refractivity contribution in [3.63, 3.8) is 0 Å². The van der Waals surface area contributed by atoms with Gasteiger partial charge in [-0.25, -0.2) is 0 Å². The van der Waals surface area contributed by atoms with E-state index in [0.717, 1.165) is 43.4 Å². The number of nitrogens with two attached hydrogens (primary N) is 1. The molecule has 2 amide bonds. The van der Waals surface area contributed by atoms with Crippen LogP contribution in [0.2, 0.25) is 5.02 Å². The van der Waals surface area contributed by atoms with E-state index in [1.165, 1.54) is 0 Å². The van der Waals surface area contributed by atoms with E-state index in [9.17, 15) is 9.59 Å². The summed E-state index contributed by atoms with van der Waals surface area (Å²) in [6, 6.07) is 11.6. The lowest BCUT2D eigenvalue weighted by Gasteiger charge is -2.58. The monoisotopic (exact) mass is 411 g/mol. The number of carbonyl (C=O) groups excluding carboxylic acids is 2. The lowest BCUT2D eigenvalue weighted by molar-refractivity contribution is -0.145. The second-order valence-electron chi connectivity index (χ2n) is 9.28. The maximum Gasteiger partial charge on any atom is 0.268 e. The number of primary amides is 1. The molecule has 29 heavy (non-hydrogen) atoms. The van der Waals surface area contributed by atoms with E-state index >= 15 is 0 Å². The largest absolute Gasteiger partial charge is 0.369 e. The molecule has 2 atom stereocenters. The molecular weight excluding hydrogens is 386 g/mol. The van der Waals surface area contributed by atoms with Crippen molar-refractivity contribution in [2.75, 3.05) is 0 Å². The van der Waals surface area contributed by atoms with E-state index in [4.69, 9.17) is 17.3 Å². The number of amides is 2. The topological polar surface area (TPSA) is 77.1 Å². The highest BCUT2D eigenvalue weighted by Gasteiger charge is 2.58. The van der Waals surface area contributed by atoms with Crippen LogP contribution in [0.3, 0.4) is 0 Å². The Morgan fingerprint density at radius 3 is 2.34 bits per heavy atom. The van der Waals surface area contributed by atoms with Gasteiger partial charge < -0.3 is 15.6 Å². The smallest absolute Gasteiger partial charge is 0.268 e. The van der Waals surface area contributed by atoms with Crippen LogP contribution in [0.15, 0.2) is 36.4 Å². The third kappa shape index (κ3) is 2.98. The molecular formula is C23H26ClN3O2. The van der Waals surface area contributed by atoms with Crippen molar-refractivity contribution in [3.8, 4) is 11.3 Å². The van der Waals surface area contributed by atoms with Crippen molar-refractivity contribution in [2.45, 2.75) is 38.1 Å². The van der Waals surface area contributed by atoms with Crippen LogP contribution in [0, 0.1) is 23.2 Å². The summed E-state index contributed by atoms with van der Waals surface area (Å²) in [4.78, 5) is 25.3. The molecule has 4 saturated carbocycles. The number of rotatable bonds is 4. The van der Waals surface area contributed by atoms with Gasteiger partial charge in [-0.1, -0.05) is 23.7 Å².